The normalized spacial score (nSPS) is 9.40. The summed E-state index contributed by atoms with van der Waals surface area (Å²) in [6.45, 7) is 4.00. The molecule has 0 aromatic heterocycles. The van der Waals surface area contributed by atoms with Crippen molar-refractivity contribution >= 4 is 58.4 Å². The first-order valence-electron chi connectivity index (χ1n) is 6.13. The first kappa shape index (κ1) is 17.3. The molecule has 106 valence electrons. The average molecular weight is 344 g/mol. The number of thiocarbonyl (C=S) groups is 1. The van der Waals surface area contributed by atoms with E-state index in [0.29, 0.717) is 10.0 Å². The van der Waals surface area contributed by atoms with Crippen molar-refractivity contribution in [3.05, 3.63) is 52.5 Å². The number of rotatable bonds is 4. The molecular weight excluding hydrogens is 329 g/mol. The Bertz CT molecular complexity index is 536. The van der Waals surface area contributed by atoms with Crippen molar-refractivity contribution < 1.29 is 0 Å². The number of hydrogen-bond donors (Lipinski definition) is 1. The highest BCUT2D eigenvalue weighted by Crippen LogP contribution is 2.40. The Labute approximate surface area is 139 Å². The van der Waals surface area contributed by atoms with Crippen LogP contribution in [0.1, 0.15) is 13.8 Å². The molecule has 0 atom stereocenters. The molecule has 2 aromatic carbocycles. The third kappa shape index (κ3) is 4.98. The maximum absolute atomic E-state index is 6.23. The molecule has 0 fully saturated rings. The first-order valence-corrected chi connectivity index (χ1v) is 8.17. The van der Waals surface area contributed by atoms with Gasteiger partial charge in [0.25, 0.3) is 0 Å². The number of nitrogens with one attached hydrogen (secondary N) is 1. The molecule has 0 aliphatic rings. The maximum atomic E-state index is 6.23. The van der Waals surface area contributed by atoms with Gasteiger partial charge < -0.3 is 5.32 Å². The van der Waals surface area contributed by atoms with Crippen LogP contribution in [0.3, 0.4) is 0 Å². The number of anilines is 1. The van der Waals surface area contributed by atoms with Gasteiger partial charge in [0, 0.05) is 15.5 Å². The summed E-state index contributed by atoms with van der Waals surface area (Å²) < 4.78 is 0. The summed E-state index contributed by atoms with van der Waals surface area (Å²) in [4.78, 5) is 1.94. The molecule has 0 spiro atoms. The Morgan fingerprint density at radius 3 is 2.10 bits per heavy atom. The molecule has 0 aliphatic heterocycles. The predicted molar refractivity (Wildman–Crippen MR) is 95.7 cm³/mol. The van der Waals surface area contributed by atoms with Crippen LogP contribution in [0.2, 0.25) is 10.0 Å². The van der Waals surface area contributed by atoms with Crippen molar-refractivity contribution in [3.8, 4) is 0 Å². The molecule has 0 aliphatic carbocycles. The van der Waals surface area contributed by atoms with Gasteiger partial charge in [-0.15, -0.1) is 0 Å². The van der Waals surface area contributed by atoms with E-state index in [4.69, 9.17) is 35.4 Å². The highest BCUT2D eigenvalue weighted by molar-refractivity contribution is 7.99. The van der Waals surface area contributed by atoms with Crippen molar-refractivity contribution in [1.82, 2.24) is 0 Å². The molecule has 1 nitrogen and oxygen atoms in total. The van der Waals surface area contributed by atoms with Crippen LogP contribution in [0, 0.1) is 0 Å². The van der Waals surface area contributed by atoms with Crippen LogP contribution in [0.4, 0.5) is 5.69 Å². The average Bonchev–Trinajstić information content (AvgIpc) is 2.47. The van der Waals surface area contributed by atoms with Crippen LogP contribution in [-0.2, 0) is 0 Å². The Hall–Kier alpha value is -0.740. The summed E-state index contributed by atoms with van der Waals surface area (Å²) >= 11 is 18.7. The summed E-state index contributed by atoms with van der Waals surface area (Å²) in [5.41, 5.74) is 2.21. The van der Waals surface area contributed by atoms with Crippen LogP contribution in [0.15, 0.2) is 52.3 Å². The fraction of sp³-hybridized carbons (Fsp3) is 0.133. The quantitative estimate of drug-likeness (QED) is 0.633. The van der Waals surface area contributed by atoms with Crippen molar-refractivity contribution in [2.24, 2.45) is 0 Å². The SMILES string of the molecule is CC.S=CNc1cc(Cl)c(Sc2ccccc2)c(Cl)c1. The number of hydrogen-bond acceptors (Lipinski definition) is 2. The van der Waals surface area contributed by atoms with E-state index in [1.54, 1.807) is 0 Å². The molecule has 2 aromatic rings. The van der Waals surface area contributed by atoms with Gasteiger partial charge in [-0.2, -0.15) is 0 Å². The molecule has 5 heteroatoms. The lowest BCUT2D eigenvalue weighted by Crippen LogP contribution is -1.92. The van der Waals surface area contributed by atoms with Crippen molar-refractivity contribution in [3.63, 3.8) is 0 Å². The molecule has 0 radical (unpaired) electrons. The van der Waals surface area contributed by atoms with Crippen LogP contribution in [-0.4, -0.2) is 5.49 Å². The lowest BCUT2D eigenvalue weighted by atomic mass is 10.3. The second-order valence-electron chi connectivity index (χ2n) is 3.45. The lowest BCUT2D eigenvalue weighted by Gasteiger charge is -2.09. The van der Waals surface area contributed by atoms with E-state index in [-0.39, 0.29) is 0 Å². The van der Waals surface area contributed by atoms with Gasteiger partial charge in [0.1, 0.15) is 0 Å². The summed E-state index contributed by atoms with van der Waals surface area (Å²) in [5, 5.41) is 4.11. The first-order chi connectivity index (χ1) is 9.70. The highest BCUT2D eigenvalue weighted by atomic mass is 35.5. The van der Waals surface area contributed by atoms with Gasteiger partial charge in [-0.05, 0) is 24.3 Å². The largest absolute Gasteiger partial charge is 0.353 e. The highest BCUT2D eigenvalue weighted by Gasteiger charge is 2.09. The van der Waals surface area contributed by atoms with E-state index in [9.17, 15) is 0 Å². The van der Waals surface area contributed by atoms with Crippen LogP contribution in [0.25, 0.3) is 0 Å². The predicted octanol–water partition coefficient (Wildman–Crippen LogP) is 6.54. The molecule has 0 amide bonds. The molecule has 2 rings (SSSR count). The van der Waals surface area contributed by atoms with Gasteiger partial charge in [-0.3, -0.25) is 0 Å². The third-order valence-corrected chi connectivity index (χ3v) is 4.28. The fourth-order valence-electron chi connectivity index (χ4n) is 1.42. The molecule has 0 saturated carbocycles. The summed E-state index contributed by atoms with van der Waals surface area (Å²) in [6, 6.07) is 13.6. The Balaban J connectivity index is 0.000000956. The van der Waals surface area contributed by atoms with E-state index in [2.05, 4.69) is 5.32 Å². The van der Waals surface area contributed by atoms with Crippen molar-refractivity contribution in [1.29, 1.82) is 0 Å². The summed E-state index contributed by atoms with van der Waals surface area (Å²) in [6.07, 6.45) is 0. The zero-order chi connectivity index (χ0) is 15.0. The Morgan fingerprint density at radius 2 is 1.60 bits per heavy atom. The van der Waals surface area contributed by atoms with Crippen LogP contribution < -0.4 is 5.32 Å². The Morgan fingerprint density at radius 1 is 1.05 bits per heavy atom. The number of halogens is 2. The molecule has 0 heterocycles. The van der Waals surface area contributed by atoms with Gasteiger partial charge in [-0.25, -0.2) is 0 Å². The van der Waals surface area contributed by atoms with E-state index in [1.165, 1.54) is 17.3 Å². The van der Waals surface area contributed by atoms with Gasteiger partial charge in [0.2, 0.25) is 0 Å². The molecule has 0 bridgehead atoms. The van der Waals surface area contributed by atoms with Gasteiger partial charge >= 0.3 is 0 Å². The van der Waals surface area contributed by atoms with Gasteiger partial charge in [0.15, 0.2) is 0 Å². The zero-order valence-electron chi connectivity index (χ0n) is 11.2. The molecular formula is C15H15Cl2NS2. The second kappa shape index (κ2) is 9.24. The Kier molecular flexibility index (Phi) is 8.00. The second-order valence-corrected chi connectivity index (χ2v) is 5.58. The lowest BCUT2D eigenvalue weighted by molar-refractivity contribution is 1.40. The molecule has 20 heavy (non-hydrogen) atoms. The van der Waals surface area contributed by atoms with E-state index in [0.717, 1.165) is 15.5 Å². The molecule has 1 N–H and O–H groups in total. The standard InChI is InChI=1S/C13H9Cl2NS2.C2H6/c14-11-6-9(16-8-17)7-12(15)13(11)18-10-4-2-1-3-5-10;1-2/h1-8H,(H,16,17);1-2H3. The summed E-state index contributed by atoms with van der Waals surface area (Å²) in [5.74, 6) is 0. The number of benzene rings is 2. The minimum absolute atomic E-state index is 0.607. The minimum Gasteiger partial charge on any atom is -0.353 e. The van der Waals surface area contributed by atoms with Crippen LogP contribution >= 0.6 is 47.2 Å². The van der Waals surface area contributed by atoms with Crippen molar-refractivity contribution in [2.75, 3.05) is 5.32 Å². The van der Waals surface area contributed by atoms with Gasteiger partial charge in [-0.1, -0.05) is 79.2 Å². The molecule has 0 unspecified atom stereocenters. The maximum Gasteiger partial charge on any atom is 0.0658 e. The summed E-state index contributed by atoms with van der Waals surface area (Å²) in [7, 11) is 0. The van der Waals surface area contributed by atoms with E-state index in [1.807, 2.05) is 56.3 Å². The monoisotopic (exact) mass is 343 g/mol. The van der Waals surface area contributed by atoms with Crippen molar-refractivity contribution in [2.45, 2.75) is 23.6 Å². The van der Waals surface area contributed by atoms with E-state index >= 15 is 0 Å². The van der Waals surface area contributed by atoms with E-state index < -0.39 is 0 Å². The minimum atomic E-state index is 0.607. The fourth-order valence-corrected chi connectivity index (χ4v) is 3.11. The van der Waals surface area contributed by atoms with Gasteiger partial charge in [0.05, 0.1) is 15.5 Å². The third-order valence-electron chi connectivity index (χ3n) is 2.19. The zero-order valence-corrected chi connectivity index (χ0v) is 14.3. The molecule has 0 saturated heterocycles. The van der Waals surface area contributed by atoms with Crippen LogP contribution in [0.5, 0.6) is 0 Å². The smallest absolute Gasteiger partial charge is 0.0658 e. The topological polar surface area (TPSA) is 12.0 Å².